The molecule has 1 aromatic carbocycles. The fraction of sp³-hybridized carbons (Fsp3) is 0.611. The summed E-state index contributed by atoms with van der Waals surface area (Å²) in [5.41, 5.74) is 2.97. The van der Waals surface area contributed by atoms with Crippen molar-refractivity contribution in [1.29, 1.82) is 0 Å². The molecular weight excluding hydrogens is 248 g/mol. The van der Waals surface area contributed by atoms with Gasteiger partial charge in [0.05, 0.1) is 6.61 Å². The Hall–Kier alpha value is -1.15. The van der Waals surface area contributed by atoms with Crippen molar-refractivity contribution in [2.75, 3.05) is 6.61 Å². The maximum atomic E-state index is 12.5. The monoisotopic (exact) mass is 274 g/mol. The number of ether oxygens (including phenoxy) is 1. The molecule has 1 aliphatic rings. The molecule has 0 bridgehead atoms. The summed E-state index contributed by atoms with van der Waals surface area (Å²) in [7, 11) is 0. The van der Waals surface area contributed by atoms with Crippen LogP contribution in [0.4, 0.5) is 0 Å². The topological polar surface area (TPSA) is 26.3 Å². The molecule has 0 aliphatic heterocycles. The van der Waals surface area contributed by atoms with Gasteiger partial charge in [-0.1, -0.05) is 37.0 Å². The molecule has 1 unspecified atom stereocenters. The summed E-state index contributed by atoms with van der Waals surface area (Å²) in [4.78, 5) is 12.5. The van der Waals surface area contributed by atoms with Crippen molar-refractivity contribution < 1.29 is 9.53 Å². The average molecular weight is 274 g/mol. The Morgan fingerprint density at radius 1 is 1.25 bits per heavy atom. The SMILES string of the molecule is Cc1ccc(C)c(C(=O)C(C)OCC2CCCCC2)c1. The van der Waals surface area contributed by atoms with Crippen molar-refractivity contribution in [3.63, 3.8) is 0 Å². The van der Waals surface area contributed by atoms with E-state index in [1.54, 1.807) is 0 Å². The first-order valence-corrected chi connectivity index (χ1v) is 7.81. The quantitative estimate of drug-likeness (QED) is 0.740. The lowest BCUT2D eigenvalue weighted by Crippen LogP contribution is -2.25. The lowest BCUT2D eigenvalue weighted by Gasteiger charge is -2.23. The van der Waals surface area contributed by atoms with Crippen molar-refractivity contribution in [1.82, 2.24) is 0 Å². The van der Waals surface area contributed by atoms with Crippen molar-refractivity contribution >= 4 is 5.78 Å². The van der Waals surface area contributed by atoms with E-state index in [1.807, 2.05) is 39.0 Å². The number of hydrogen-bond donors (Lipinski definition) is 0. The molecule has 0 aromatic heterocycles. The first-order chi connectivity index (χ1) is 9.58. The molecule has 1 fully saturated rings. The van der Waals surface area contributed by atoms with E-state index in [-0.39, 0.29) is 11.9 Å². The van der Waals surface area contributed by atoms with Crippen LogP contribution in [-0.2, 0) is 4.74 Å². The Morgan fingerprint density at radius 3 is 2.65 bits per heavy atom. The van der Waals surface area contributed by atoms with Gasteiger partial charge in [0.2, 0.25) is 0 Å². The second-order valence-electron chi connectivity index (χ2n) is 6.16. The standard InChI is InChI=1S/C18H26O2/c1-13-9-10-14(2)17(11-13)18(19)15(3)20-12-16-7-5-4-6-8-16/h9-11,15-16H,4-8,12H2,1-3H3. The molecule has 1 atom stereocenters. The van der Waals surface area contributed by atoms with E-state index in [0.717, 1.165) is 23.3 Å². The van der Waals surface area contributed by atoms with Crippen LogP contribution in [-0.4, -0.2) is 18.5 Å². The van der Waals surface area contributed by atoms with E-state index in [2.05, 4.69) is 0 Å². The van der Waals surface area contributed by atoms with Gasteiger partial charge in [-0.15, -0.1) is 0 Å². The summed E-state index contributed by atoms with van der Waals surface area (Å²) in [6.07, 6.45) is 6.15. The first kappa shape index (κ1) is 15.2. The van der Waals surface area contributed by atoms with Crippen LogP contribution in [0.1, 0.15) is 60.5 Å². The Bertz CT molecular complexity index is 458. The van der Waals surface area contributed by atoms with Crippen molar-refractivity contribution in [3.05, 3.63) is 34.9 Å². The lowest BCUT2D eigenvalue weighted by molar-refractivity contribution is 0.0286. The Morgan fingerprint density at radius 2 is 1.95 bits per heavy atom. The van der Waals surface area contributed by atoms with Crippen LogP contribution in [0.5, 0.6) is 0 Å². The third-order valence-electron chi connectivity index (χ3n) is 4.33. The Labute approximate surface area is 122 Å². The minimum Gasteiger partial charge on any atom is -0.370 e. The summed E-state index contributed by atoms with van der Waals surface area (Å²) in [5, 5.41) is 0. The predicted molar refractivity (Wildman–Crippen MR) is 82.2 cm³/mol. The molecule has 1 aliphatic carbocycles. The van der Waals surface area contributed by atoms with E-state index in [4.69, 9.17) is 4.74 Å². The zero-order valence-electron chi connectivity index (χ0n) is 12.9. The molecule has 0 radical (unpaired) electrons. The highest BCUT2D eigenvalue weighted by Crippen LogP contribution is 2.24. The summed E-state index contributed by atoms with van der Waals surface area (Å²) >= 11 is 0. The maximum absolute atomic E-state index is 12.5. The van der Waals surface area contributed by atoms with E-state index >= 15 is 0 Å². The second kappa shape index (κ2) is 7.03. The molecule has 0 saturated heterocycles. The van der Waals surface area contributed by atoms with Crippen molar-refractivity contribution in [3.8, 4) is 0 Å². The van der Waals surface area contributed by atoms with E-state index in [9.17, 15) is 4.79 Å². The van der Waals surface area contributed by atoms with Gasteiger partial charge in [0.25, 0.3) is 0 Å². The molecule has 2 rings (SSSR count). The summed E-state index contributed by atoms with van der Waals surface area (Å²) in [6, 6.07) is 6.02. The third-order valence-corrected chi connectivity index (χ3v) is 4.33. The average Bonchev–Trinajstić information content (AvgIpc) is 2.47. The van der Waals surface area contributed by atoms with Crippen LogP contribution in [0.2, 0.25) is 0 Å². The normalized spacial score (nSPS) is 17.9. The maximum Gasteiger partial charge on any atom is 0.191 e. The summed E-state index contributed by atoms with van der Waals surface area (Å²) in [6.45, 7) is 6.62. The lowest BCUT2D eigenvalue weighted by atomic mass is 9.90. The van der Waals surface area contributed by atoms with Crippen LogP contribution < -0.4 is 0 Å². The number of benzene rings is 1. The van der Waals surface area contributed by atoms with E-state index in [1.165, 1.54) is 32.1 Å². The molecule has 0 heterocycles. The molecular formula is C18H26O2. The van der Waals surface area contributed by atoms with Gasteiger partial charge in [-0.2, -0.15) is 0 Å². The van der Waals surface area contributed by atoms with Gasteiger partial charge >= 0.3 is 0 Å². The van der Waals surface area contributed by atoms with Crippen LogP contribution in [0, 0.1) is 19.8 Å². The molecule has 110 valence electrons. The van der Waals surface area contributed by atoms with Gasteiger partial charge in [-0.05, 0) is 51.2 Å². The molecule has 2 heteroatoms. The summed E-state index contributed by atoms with van der Waals surface area (Å²) < 4.78 is 5.84. The number of ketones is 1. The molecule has 2 nitrogen and oxygen atoms in total. The van der Waals surface area contributed by atoms with E-state index < -0.39 is 0 Å². The van der Waals surface area contributed by atoms with Gasteiger partial charge in [0, 0.05) is 5.56 Å². The Kier molecular flexibility index (Phi) is 5.36. The number of carbonyl (C=O) groups excluding carboxylic acids is 1. The first-order valence-electron chi connectivity index (χ1n) is 7.81. The van der Waals surface area contributed by atoms with Crippen molar-refractivity contribution in [2.45, 2.75) is 59.0 Å². The van der Waals surface area contributed by atoms with Crippen LogP contribution in [0.25, 0.3) is 0 Å². The highest BCUT2D eigenvalue weighted by molar-refractivity contribution is 6.00. The molecule has 0 spiro atoms. The smallest absolute Gasteiger partial charge is 0.191 e. The van der Waals surface area contributed by atoms with Gasteiger partial charge < -0.3 is 4.74 Å². The van der Waals surface area contributed by atoms with Crippen LogP contribution in [0.3, 0.4) is 0 Å². The number of rotatable bonds is 5. The highest BCUT2D eigenvalue weighted by atomic mass is 16.5. The van der Waals surface area contributed by atoms with Gasteiger partial charge in [0.1, 0.15) is 6.10 Å². The molecule has 1 aromatic rings. The molecule has 0 amide bonds. The minimum atomic E-state index is -0.336. The van der Waals surface area contributed by atoms with Gasteiger partial charge in [-0.3, -0.25) is 4.79 Å². The largest absolute Gasteiger partial charge is 0.370 e. The number of carbonyl (C=O) groups is 1. The van der Waals surface area contributed by atoms with Gasteiger partial charge in [-0.25, -0.2) is 0 Å². The molecule has 0 N–H and O–H groups in total. The fourth-order valence-electron chi connectivity index (χ4n) is 2.93. The van der Waals surface area contributed by atoms with E-state index in [0.29, 0.717) is 5.92 Å². The Balaban J connectivity index is 1.92. The van der Waals surface area contributed by atoms with Crippen LogP contribution >= 0.6 is 0 Å². The third kappa shape index (κ3) is 3.92. The molecule has 1 saturated carbocycles. The number of Topliss-reactive ketones (excluding diaryl/α,β-unsaturated/α-hetero) is 1. The van der Waals surface area contributed by atoms with Crippen LogP contribution in [0.15, 0.2) is 18.2 Å². The fourth-order valence-corrected chi connectivity index (χ4v) is 2.93. The highest BCUT2D eigenvalue weighted by Gasteiger charge is 2.20. The number of aryl methyl sites for hydroxylation is 2. The zero-order valence-corrected chi connectivity index (χ0v) is 12.9. The second-order valence-corrected chi connectivity index (χ2v) is 6.16. The summed E-state index contributed by atoms with van der Waals surface area (Å²) in [5.74, 6) is 0.764. The minimum absolute atomic E-state index is 0.113. The zero-order chi connectivity index (χ0) is 14.5. The van der Waals surface area contributed by atoms with Crippen molar-refractivity contribution in [2.24, 2.45) is 5.92 Å². The number of hydrogen-bond acceptors (Lipinski definition) is 2. The molecule has 20 heavy (non-hydrogen) atoms. The predicted octanol–water partition coefficient (Wildman–Crippen LogP) is 4.47. The van der Waals surface area contributed by atoms with Gasteiger partial charge in [0.15, 0.2) is 5.78 Å².